The van der Waals surface area contributed by atoms with E-state index in [2.05, 4.69) is 72.1 Å². The number of benzene rings is 2. The number of hydrogen-bond acceptors (Lipinski definition) is 2. The van der Waals surface area contributed by atoms with Gasteiger partial charge in [-0.15, -0.1) is 0 Å². The van der Waals surface area contributed by atoms with Crippen molar-refractivity contribution < 1.29 is 4.79 Å². The molecule has 0 saturated carbocycles. The van der Waals surface area contributed by atoms with Crippen LogP contribution in [0.15, 0.2) is 67.0 Å². The lowest BCUT2D eigenvalue weighted by Gasteiger charge is -2.15. The monoisotopic (exact) mass is 357 g/mol. The summed E-state index contributed by atoms with van der Waals surface area (Å²) in [7, 11) is 3.96. The molecule has 2 aromatic carbocycles. The maximum atomic E-state index is 12.8. The minimum absolute atomic E-state index is 0.0712. The molecule has 0 aliphatic rings. The van der Waals surface area contributed by atoms with Gasteiger partial charge >= 0.3 is 0 Å². The molecule has 4 nitrogen and oxygen atoms in total. The van der Waals surface area contributed by atoms with Gasteiger partial charge in [-0.3, -0.25) is 4.79 Å². The molecule has 136 valence electrons. The van der Waals surface area contributed by atoms with Crippen molar-refractivity contribution in [1.82, 2.24) is 14.1 Å². The van der Waals surface area contributed by atoms with Gasteiger partial charge in [0.15, 0.2) is 11.6 Å². The highest BCUT2D eigenvalue weighted by Crippen LogP contribution is 2.39. The molecule has 0 fully saturated rings. The van der Waals surface area contributed by atoms with E-state index in [9.17, 15) is 4.79 Å². The van der Waals surface area contributed by atoms with Crippen molar-refractivity contribution in [2.24, 2.45) is 14.1 Å². The number of aryl methyl sites for hydroxylation is 2. The number of nitrogens with zero attached hydrogens (tertiary/aromatic N) is 3. The quantitative estimate of drug-likeness (QED) is 0.474. The van der Waals surface area contributed by atoms with E-state index in [0.717, 1.165) is 0 Å². The van der Waals surface area contributed by atoms with Crippen molar-refractivity contribution in [3.63, 3.8) is 0 Å². The molecule has 0 aliphatic heterocycles. The van der Waals surface area contributed by atoms with Crippen LogP contribution in [0.2, 0.25) is 0 Å². The highest BCUT2D eigenvalue weighted by Gasteiger charge is 2.24. The van der Waals surface area contributed by atoms with Gasteiger partial charge in [-0.2, -0.15) is 0 Å². The van der Waals surface area contributed by atoms with E-state index in [4.69, 9.17) is 0 Å². The molecular formula is C23H23N3O. The number of carbonyl (C=O) groups excluding carboxylic acids is 1. The molecule has 4 rings (SSSR count). The summed E-state index contributed by atoms with van der Waals surface area (Å²) >= 11 is 0. The summed E-state index contributed by atoms with van der Waals surface area (Å²) in [6, 6.07) is 18.8. The minimum Gasteiger partial charge on any atom is -0.343 e. The fourth-order valence-corrected chi connectivity index (χ4v) is 3.97. The lowest BCUT2D eigenvalue weighted by Crippen LogP contribution is -2.11. The Morgan fingerprint density at radius 1 is 1.04 bits per heavy atom. The molecular weight excluding hydrogens is 334 g/mol. The SMILES string of the molecule is C[C@H](CC(=O)c1nccn1C)c1c(-c2ccccc2)n(C)c2ccccc12. The Kier molecular flexibility index (Phi) is 4.40. The van der Waals surface area contributed by atoms with Crippen molar-refractivity contribution in [2.45, 2.75) is 19.3 Å². The second kappa shape index (κ2) is 6.88. The molecule has 0 N–H and O–H groups in total. The van der Waals surface area contributed by atoms with Crippen LogP contribution in [0, 0.1) is 0 Å². The van der Waals surface area contributed by atoms with Gasteiger partial charge in [0.1, 0.15) is 0 Å². The fourth-order valence-electron chi connectivity index (χ4n) is 3.97. The molecule has 4 heteroatoms. The van der Waals surface area contributed by atoms with Crippen LogP contribution in [0.1, 0.15) is 35.4 Å². The number of carbonyl (C=O) groups is 1. The number of para-hydroxylation sites is 1. The van der Waals surface area contributed by atoms with E-state index in [1.807, 2.05) is 19.3 Å². The van der Waals surface area contributed by atoms with E-state index in [-0.39, 0.29) is 11.7 Å². The highest BCUT2D eigenvalue weighted by atomic mass is 16.1. The van der Waals surface area contributed by atoms with Gasteiger partial charge in [-0.1, -0.05) is 55.5 Å². The van der Waals surface area contributed by atoms with Gasteiger partial charge in [-0.25, -0.2) is 4.98 Å². The second-order valence-corrected chi connectivity index (χ2v) is 7.09. The van der Waals surface area contributed by atoms with Gasteiger partial charge in [0.05, 0.1) is 5.69 Å². The molecule has 0 radical (unpaired) electrons. The van der Waals surface area contributed by atoms with E-state index in [0.29, 0.717) is 12.2 Å². The number of hydrogen-bond donors (Lipinski definition) is 0. The third-order valence-corrected chi connectivity index (χ3v) is 5.25. The predicted octanol–water partition coefficient (Wildman–Crippen LogP) is 4.96. The van der Waals surface area contributed by atoms with Gasteiger partial charge in [0.25, 0.3) is 0 Å². The zero-order chi connectivity index (χ0) is 19.0. The van der Waals surface area contributed by atoms with Crippen molar-refractivity contribution >= 4 is 16.7 Å². The molecule has 0 unspecified atom stereocenters. The van der Waals surface area contributed by atoms with Crippen molar-refractivity contribution in [3.05, 3.63) is 78.4 Å². The first-order valence-electron chi connectivity index (χ1n) is 9.21. The maximum absolute atomic E-state index is 12.8. The normalized spacial score (nSPS) is 12.4. The van der Waals surface area contributed by atoms with Crippen LogP contribution in [0.25, 0.3) is 22.2 Å². The van der Waals surface area contributed by atoms with Crippen LogP contribution < -0.4 is 0 Å². The summed E-state index contributed by atoms with van der Waals surface area (Å²) in [6.45, 7) is 2.13. The Morgan fingerprint density at radius 3 is 2.44 bits per heavy atom. The van der Waals surface area contributed by atoms with Gasteiger partial charge in [-0.05, 0) is 23.1 Å². The third-order valence-electron chi connectivity index (χ3n) is 5.25. The van der Waals surface area contributed by atoms with Crippen LogP contribution in [0.3, 0.4) is 0 Å². The smallest absolute Gasteiger partial charge is 0.198 e. The zero-order valence-corrected chi connectivity index (χ0v) is 15.9. The summed E-state index contributed by atoms with van der Waals surface area (Å²) in [5.41, 5.74) is 4.75. The second-order valence-electron chi connectivity index (χ2n) is 7.09. The topological polar surface area (TPSA) is 39.8 Å². The van der Waals surface area contributed by atoms with Crippen molar-refractivity contribution in [2.75, 3.05) is 0 Å². The van der Waals surface area contributed by atoms with E-state index in [1.165, 1.54) is 27.7 Å². The Hall–Kier alpha value is -3.14. The van der Waals surface area contributed by atoms with Crippen LogP contribution >= 0.6 is 0 Å². The molecule has 27 heavy (non-hydrogen) atoms. The van der Waals surface area contributed by atoms with Crippen molar-refractivity contribution in [1.29, 1.82) is 0 Å². The molecule has 0 spiro atoms. The first kappa shape index (κ1) is 17.3. The van der Waals surface area contributed by atoms with Crippen LogP contribution in [0.5, 0.6) is 0 Å². The van der Waals surface area contributed by atoms with Crippen molar-refractivity contribution in [3.8, 4) is 11.3 Å². The lowest BCUT2D eigenvalue weighted by atomic mass is 9.90. The zero-order valence-electron chi connectivity index (χ0n) is 15.9. The number of imidazole rings is 1. The third kappa shape index (κ3) is 2.97. The largest absolute Gasteiger partial charge is 0.343 e. The minimum atomic E-state index is 0.0712. The Balaban J connectivity index is 1.83. The number of Topliss-reactive ketones (excluding diaryl/α,β-unsaturated/α-hetero) is 1. The van der Waals surface area contributed by atoms with E-state index < -0.39 is 0 Å². The summed E-state index contributed by atoms with van der Waals surface area (Å²) in [4.78, 5) is 17.0. The van der Waals surface area contributed by atoms with Crippen LogP contribution in [-0.4, -0.2) is 19.9 Å². The molecule has 0 saturated heterocycles. The summed E-state index contributed by atoms with van der Waals surface area (Å²) < 4.78 is 4.03. The van der Waals surface area contributed by atoms with Gasteiger partial charge in [0.2, 0.25) is 0 Å². The number of ketones is 1. The van der Waals surface area contributed by atoms with E-state index >= 15 is 0 Å². The Labute approximate surface area is 159 Å². The molecule has 0 aliphatic carbocycles. The first-order chi connectivity index (χ1) is 13.1. The summed E-state index contributed by atoms with van der Waals surface area (Å²) in [5, 5.41) is 1.21. The molecule has 2 heterocycles. The highest BCUT2D eigenvalue weighted by molar-refractivity contribution is 5.96. The average Bonchev–Trinajstić information content (AvgIpc) is 3.24. The van der Waals surface area contributed by atoms with Gasteiger partial charge < -0.3 is 9.13 Å². The van der Waals surface area contributed by atoms with Crippen LogP contribution in [-0.2, 0) is 14.1 Å². The van der Waals surface area contributed by atoms with Crippen LogP contribution in [0.4, 0.5) is 0 Å². The molecule has 2 aromatic heterocycles. The number of rotatable bonds is 5. The Bertz CT molecular complexity index is 1110. The first-order valence-corrected chi connectivity index (χ1v) is 9.21. The molecule has 4 aromatic rings. The standard InChI is InChI=1S/C23H23N3O/c1-16(15-20(27)23-24-13-14-25(23)2)21-18-11-7-8-12-19(18)26(3)22(21)17-9-5-4-6-10-17/h4-14,16H,15H2,1-3H3/t16-/m1/s1. The number of aromatic nitrogens is 3. The molecule has 0 amide bonds. The predicted molar refractivity (Wildman–Crippen MR) is 109 cm³/mol. The lowest BCUT2D eigenvalue weighted by molar-refractivity contribution is 0.0963. The average molecular weight is 357 g/mol. The molecule has 1 atom stereocenters. The fraction of sp³-hybridized carbons (Fsp3) is 0.217. The summed E-state index contributed by atoms with van der Waals surface area (Å²) in [6.07, 6.45) is 3.91. The number of fused-ring (bicyclic) bond motifs is 1. The maximum Gasteiger partial charge on any atom is 0.198 e. The Morgan fingerprint density at radius 2 is 1.74 bits per heavy atom. The molecule has 0 bridgehead atoms. The summed E-state index contributed by atoms with van der Waals surface area (Å²) in [5.74, 6) is 0.667. The van der Waals surface area contributed by atoms with Gasteiger partial charge in [0, 0.05) is 43.8 Å². The van der Waals surface area contributed by atoms with E-state index in [1.54, 1.807) is 10.8 Å².